The Kier molecular flexibility index (Phi) is 15.4. The molecule has 0 aliphatic heterocycles. The van der Waals surface area contributed by atoms with Gasteiger partial charge in [0.25, 0.3) is 0 Å². The van der Waals surface area contributed by atoms with Crippen molar-refractivity contribution in [1.29, 1.82) is 0 Å². The van der Waals surface area contributed by atoms with E-state index in [1.807, 2.05) is 13.8 Å². The van der Waals surface area contributed by atoms with Crippen LogP contribution in [0.4, 0.5) is 0 Å². The van der Waals surface area contributed by atoms with Crippen LogP contribution in [0.2, 0.25) is 0 Å². The molecule has 0 unspecified atom stereocenters. The molecule has 0 saturated heterocycles. The Morgan fingerprint density at radius 1 is 1.18 bits per heavy atom. The van der Waals surface area contributed by atoms with Crippen LogP contribution in [0.3, 0.4) is 0 Å². The van der Waals surface area contributed by atoms with Crippen LogP contribution >= 0.6 is 0 Å². The van der Waals surface area contributed by atoms with Gasteiger partial charge in [0.2, 0.25) is 0 Å². The molecular weight excluding hydrogens is 140 g/mol. The molecule has 11 heavy (non-hydrogen) atoms. The lowest BCUT2D eigenvalue weighted by atomic mass is 10.2. The highest BCUT2D eigenvalue weighted by atomic mass is 16.5. The van der Waals surface area contributed by atoms with E-state index in [0.29, 0.717) is 12.5 Å². The van der Waals surface area contributed by atoms with Crippen LogP contribution in [0.15, 0.2) is 0 Å². The fourth-order valence-electron chi connectivity index (χ4n) is 0.462. The van der Waals surface area contributed by atoms with E-state index in [1.54, 1.807) is 0 Å². The van der Waals surface area contributed by atoms with Gasteiger partial charge in [0.15, 0.2) is 0 Å². The highest BCUT2D eigenvalue weighted by molar-refractivity contribution is 4.38. The monoisotopic (exact) mass is 162 g/mol. The average Bonchev–Trinajstić information content (AvgIpc) is 1.90. The third-order valence-corrected chi connectivity index (χ3v) is 1.11. The van der Waals surface area contributed by atoms with Gasteiger partial charge in [0, 0.05) is 19.8 Å². The standard InChI is InChI=1S/C5H12O.C4H10O/c1-5(2)3-4-6;1-3-5-4-2/h5-6H,3-4H2,1-2H3;3-4H2,1-2H3. The zero-order chi connectivity index (χ0) is 9.11. The first kappa shape index (κ1) is 13.5. The fourth-order valence-corrected chi connectivity index (χ4v) is 0.462. The van der Waals surface area contributed by atoms with Gasteiger partial charge in [0.1, 0.15) is 0 Å². The zero-order valence-electron chi connectivity index (χ0n) is 8.26. The van der Waals surface area contributed by atoms with Gasteiger partial charge in [-0.2, -0.15) is 0 Å². The van der Waals surface area contributed by atoms with Crippen molar-refractivity contribution in [2.24, 2.45) is 5.92 Å². The maximum atomic E-state index is 8.24. The molecule has 0 rings (SSSR count). The van der Waals surface area contributed by atoms with Crippen molar-refractivity contribution in [3.63, 3.8) is 0 Å². The molecule has 0 aliphatic carbocycles. The van der Waals surface area contributed by atoms with Gasteiger partial charge in [-0.3, -0.25) is 0 Å². The number of rotatable bonds is 4. The number of hydrogen-bond acceptors (Lipinski definition) is 2. The van der Waals surface area contributed by atoms with E-state index in [1.165, 1.54) is 0 Å². The van der Waals surface area contributed by atoms with Gasteiger partial charge in [-0.25, -0.2) is 0 Å². The molecule has 0 amide bonds. The SMILES string of the molecule is CC(C)CCO.CCOCC. The molecule has 0 fully saturated rings. The number of aliphatic hydroxyl groups is 1. The van der Waals surface area contributed by atoms with E-state index in [0.717, 1.165) is 19.6 Å². The average molecular weight is 162 g/mol. The highest BCUT2D eigenvalue weighted by Crippen LogP contribution is 1.94. The molecule has 1 N–H and O–H groups in total. The first-order valence-corrected chi connectivity index (χ1v) is 4.37. The van der Waals surface area contributed by atoms with E-state index in [-0.39, 0.29) is 0 Å². The Hall–Kier alpha value is -0.0800. The van der Waals surface area contributed by atoms with Crippen molar-refractivity contribution in [2.75, 3.05) is 19.8 Å². The van der Waals surface area contributed by atoms with Crippen LogP contribution in [0.1, 0.15) is 34.1 Å². The molecule has 0 bridgehead atoms. The molecule has 2 heteroatoms. The van der Waals surface area contributed by atoms with Crippen molar-refractivity contribution in [1.82, 2.24) is 0 Å². The van der Waals surface area contributed by atoms with Gasteiger partial charge in [-0.15, -0.1) is 0 Å². The maximum Gasteiger partial charge on any atom is 0.0437 e. The van der Waals surface area contributed by atoms with Gasteiger partial charge in [-0.1, -0.05) is 13.8 Å². The summed E-state index contributed by atoms with van der Waals surface area (Å²) in [4.78, 5) is 0. The molecule has 0 aromatic heterocycles. The second kappa shape index (κ2) is 12.6. The van der Waals surface area contributed by atoms with Crippen LogP contribution in [0.5, 0.6) is 0 Å². The van der Waals surface area contributed by atoms with Gasteiger partial charge < -0.3 is 9.84 Å². The molecule has 70 valence electrons. The molecule has 0 atom stereocenters. The maximum absolute atomic E-state index is 8.24. The summed E-state index contributed by atoms with van der Waals surface area (Å²) in [6.45, 7) is 10.2. The zero-order valence-corrected chi connectivity index (χ0v) is 8.26. The molecule has 0 radical (unpaired) electrons. The van der Waals surface area contributed by atoms with E-state index in [4.69, 9.17) is 9.84 Å². The Morgan fingerprint density at radius 3 is 1.64 bits per heavy atom. The summed E-state index contributed by atoms with van der Waals surface area (Å²) < 4.78 is 4.83. The van der Waals surface area contributed by atoms with Crippen molar-refractivity contribution >= 4 is 0 Å². The van der Waals surface area contributed by atoms with Crippen LogP contribution in [-0.4, -0.2) is 24.9 Å². The third-order valence-electron chi connectivity index (χ3n) is 1.11. The van der Waals surface area contributed by atoms with Gasteiger partial charge in [-0.05, 0) is 26.2 Å². The highest BCUT2D eigenvalue weighted by Gasteiger charge is 1.86. The van der Waals surface area contributed by atoms with Gasteiger partial charge in [0.05, 0.1) is 0 Å². The third kappa shape index (κ3) is 25.7. The van der Waals surface area contributed by atoms with Crippen molar-refractivity contribution < 1.29 is 9.84 Å². The molecule has 0 heterocycles. The van der Waals surface area contributed by atoms with Crippen molar-refractivity contribution in [2.45, 2.75) is 34.1 Å². The minimum Gasteiger partial charge on any atom is -0.396 e. The topological polar surface area (TPSA) is 29.5 Å². The number of hydrogen-bond donors (Lipinski definition) is 1. The summed E-state index contributed by atoms with van der Waals surface area (Å²) in [6.07, 6.45) is 0.931. The van der Waals surface area contributed by atoms with Crippen molar-refractivity contribution in [3.05, 3.63) is 0 Å². The lowest BCUT2D eigenvalue weighted by Gasteiger charge is -1.95. The van der Waals surface area contributed by atoms with E-state index < -0.39 is 0 Å². The molecule has 0 spiro atoms. The molecule has 0 aliphatic rings. The van der Waals surface area contributed by atoms with Gasteiger partial charge >= 0.3 is 0 Å². The number of ether oxygens (including phenoxy) is 1. The second-order valence-electron chi connectivity index (χ2n) is 2.69. The second-order valence-corrected chi connectivity index (χ2v) is 2.69. The largest absolute Gasteiger partial charge is 0.396 e. The number of aliphatic hydroxyl groups excluding tert-OH is 1. The molecular formula is C9H22O2. The smallest absolute Gasteiger partial charge is 0.0437 e. The van der Waals surface area contributed by atoms with Crippen LogP contribution < -0.4 is 0 Å². The lowest BCUT2D eigenvalue weighted by Crippen LogP contribution is -1.89. The summed E-state index contributed by atoms with van der Waals surface area (Å²) >= 11 is 0. The van der Waals surface area contributed by atoms with Crippen LogP contribution in [-0.2, 0) is 4.74 Å². The summed E-state index contributed by atoms with van der Waals surface area (Å²) in [6, 6.07) is 0. The Morgan fingerprint density at radius 2 is 1.64 bits per heavy atom. The normalized spacial score (nSPS) is 9.27. The minimum absolute atomic E-state index is 0.331. The van der Waals surface area contributed by atoms with Crippen LogP contribution in [0.25, 0.3) is 0 Å². The Labute approximate surface area is 70.6 Å². The Balaban J connectivity index is 0. The van der Waals surface area contributed by atoms with E-state index >= 15 is 0 Å². The molecule has 0 aromatic rings. The predicted octanol–water partition coefficient (Wildman–Crippen LogP) is 2.07. The molecule has 0 saturated carbocycles. The van der Waals surface area contributed by atoms with Crippen molar-refractivity contribution in [3.8, 4) is 0 Å². The minimum atomic E-state index is 0.331. The molecule has 0 aromatic carbocycles. The lowest BCUT2D eigenvalue weighted by molar-refractivity contribution is 0.162. The molecule has 2 nitrogen and oxygen atoms in total. The predicted molar refractivity (Wildman–Crippen MR) is 48.7 cm³/mol. The van der Waals surface area contributed by atoms with Crippen LogP contribution in [0, 0.1) is 5.92 Å². The fraction of sp³-hybridized carbons (Fsp3) is 1.00. The summed E-state index contributed by atoms with van der Waals surface area (Å²) in [5, 5.41) is 8.24. The summed E-state index contributed by atoms with van der Waals surface area (Å²) in [7, 11) is 0. The first-order valence-electron chi connectivity index (χ1n) is 4.37. The first-order chi connectivity index (χ1) is 5.18. The van der Waals surface area contributed by atoms with E-state index in [9.17, 15) is 0 Å². The van der Waals surface area contributed by atoms with E-state index in [2.05, 4.69) is 13.8 Å². The summed E-state index contributed by atoms with van der Waals surface area (Å²) in [5.74, 6) is 0.648. The quantitative estimate of drug-likeness (QED) is 0.685. The summed E-state index contributed by atoms with van der Waals surface area (Å²) in [5.41, 5.74) is 0. The Bertz CT molecular complexity index is 51.5.